The highest BCUT2D eigenvalue weighted by Gasteiger charge is 2.16. The summed E-state index contributed by atoms with van der Waals surface area (Å²) >= 11 is 0. The SMILES string of the molecule is CC(C)OC(=O)CCCC1=CCC=N1.CC(C)OC(=O)CCCCN1CCCCC1.CC(C)OC(=O)CCCN1CCCCC1.CC(C)OC(=O)CCCN1CCN(C)CC1.CC(C)OC(=O)CCCc1ccccc1.CCCCC(=O)OC(C)C.CCCCC(=O)OC(C)C. The molecule has 19 heteroatoms. The van der Waals surface area contributed by atoms with Gasteiger partial charge < -0.3 is 52.8 Å². The van der Waals surface area contributed by atoms with E-state index in [4.69, 9.17) is 33.2 Å². The number of hydrogen-bond donors (Lipinski definition) is 0. The van der Waals surface area contributed by atoms with Crippen molar-refractivity contribution in [3.63, 3.8) is 0 Å². The molecule has 1 aromatic carbocycles. The number of carbonyl (C=O) groups excluding carboxylic acids is 7. The number of likely N-dealkylation sites (N-methyl/N-ethyl adjacent to an activating group) is 1. The van der Waals surface area contributed by atoms with Crippen LogP contribution in [0.1, 0.15) is 277 Å². The van der Waals surface area contributed by atoms with E-state index >= 15 is 0 Å². The van der Waals surface area contributed by atoms with Gasteiger partial charge in [0.05, 0.1) is 42.7 Å². The third-order valence-corrected chi connectivity index (χ3v) is 14.6. The molecule has 4 aliphatic rings. The molecule has 4 heterocycles. The maximum Gasteiger partial charge on any atom is 0.306 e. The normalized spacial score (nSPS) is 14.8. The van der Waals surface area contributed by atoms with Crippen LogP contribution in [0, 0.1) is 0 Å². The highest BCUT2D eigenvalue weighted by atomic mass is 16.6. The maximum atomic E-state index is 11.3. The van der Waals surface area contributed by atoms with Crippen LogP contribution >= 0.6 is 0 Å². The first kappa shape index (κ1) is 92.8. The van der Waals surface area contributed by atoms with Gasteiger partial charge in [0.15, 0.2) is 0 Å². The lowest BCUT2D eigenvalue weighted by atomic mass is 10.1. The summed E-state index contributed by atoms with van der Waals surface area (Å²) in [6.45, 7) is 43.0. The molecule has 0 aromatic heterocycles. The third kappa shape index (κ3) is 64.7. The van der Waals surface area contributed by atoms with Crippen LogP contribution in [-0.4, -0.2) is 189 Å². The quantitative estimate of drug-likeness (QED) is 0.0357. The van der Waals surface area contributed by atoms with Crippen molar-refractivity contribution in [3.05, 3.63) is 47.7 Å². The largest absolute Gasteiger partial charge is 0.463 e. The van der Waals surface area contributed by atoms with Gasteiger partial charge in [0.1, 0.15) is 0 Å². The summed E-state index contributed by atoms with van der Waals surface area (Å²) in [7, 11) is 2.15. The molecule has 1 aromatic rings. The van der Waals surface area contributed by atoms with Gasteiger partial charge in [-0.3, -0.25) is 38.6 Å². The Morgan fingerprint density at radius 1 is 0.365 bits per heavy atom. The molecule has 3 fully saturated rings. The van der Waals surface area contributed by atoms with Gasteiger partial charge in [-0.25, -0.2) is 0 Å². The Hall–Kier alpha value is -5.24. The van der Waals surface area contributed by atoms with Gasteiger partial charge in [-0.1, -0.05) is 75.9 Å². The van der Waals surface area contributed by atoms with E-state index in [0.717, 1.165) is 135 Å². The van der Waals surface area contributed by atoms with Gasteiger partial charge in [-0.2, -0.15) is 0 Å². The molecule has 19 nitrogen and oxygen atoms in total. The van der Waals surface area contributed by atoms with E-state index in [-0.39, 0.29) is 84.5 Å². The minimum atomic E-state index is -0.109. The molecule has 3 saturated heterocycles. The second-order valence-electron chi connectivity index (χ2n) is 27.0. The lowest BCUT2D eigenvalue weighted by Gasteiger charge is -2.32. The summed E-state index contributed by atoms with van der Waals surface area (Å²) in [5.41, 5.74) is 2.37. The van der Waals surface area contributed by atoms with Crippen LogP contribution in [-0.2, 0) is 73.1 Å². The minimum absolute atomic E-state index is 0.00535. The fourth-order valence-electron chi connectivity index (χ4n) is 9.90. The van der Waals surface area contributed by atoms with Crippen LogP contribution in [0.2, 0.25) is 0 Å². The summed E-state index contributed by atoms with van der Waals surface area (Å²) in [5, 5.41) is 0. The first-order chi connectivity index (χ1) is 45.6. The van der Waals surface area contributed by atoms with E-state index in [1.807, 2.05) is 121 Å². The van der Waals surface area contributed by atoms with Gasteiger partial charge in [-0.05, 0) is 245 Å². The van der Waals surface area contributed by atoms with Gasteiger partial charge in [-0.15, -0.1) is 0 Å². The molecule has 556 valence electrons. The summed E-state index contributed by atoms with van der Waals surface area (Å²) in [5.74, 6) is -0.517. The number of piperazine rings is 1. The second kappa shape index (κ2) is 62.0. The van der Waals surface area contributed by atoms with Crippen LogP contribution < -0.4 is 0 Å². The Labute approximate surface area is 584 Å². The molecule has 5 rings (SSSR count). The zero-order chi connectivity index (χ0) is 72.3. The molecule has 4 aliphatic heterocycles. The number of unbranched alkanes of at least 4 members (excludes halogenated alkanes) is 3. The molecule has 0 atom stereocenters. The number of piperidine rings is 2. The number of likely N-dealkylation sites (tertiary alicyclic amines) is 2. The molecular formula is C77H139N5O14. The number of aliphatic imine (C=N–C) groups is 1. The third-order valence-electron chi connectivity index (χ3n) is 14.6. The van der Waals surface area contributed by atoms with Crippen LogP contribution in [0.3, 0.4) is 0 Å². The average Bonchev–Trinajstić information content (AvgIpc) is 3.11. The van der Waals surface area contributed by atoms with E-state index < -0.39 is 0 Å². The predicted octanol–water partition coefficient (Wildman–Crippen LogP) is 15.4. The minimum Gasteiger partial charge on any atom is -0.463 e. The number of carbonyl (C=O) groups is 7. The Kier molecular flexibility index (Phi) is 60.0. The zero-order valence-electron chi connectivity index (χ0n) is 63.7. The topological polar surface area (TPSA) is 209 Å². The molecule has 0 amide bonds. The second-order valence-corrected chi connectivity index (χ2v) is 27.0. The van der Waals surface area contributed by atoms with Gasteiger partial charge in [0.25, 0.3) is 0 Å². The van der Waals surface area contributed by atoms with E-state index in [2.05, 4.69) is 63.7 Å². The Bertz CT molecular complexity index is 2140. The van der Waals surface area contributed by atoms with E-state index in [1.54, 1.807) is 0 Å². The predicted molar refractivity (Wildman–Crippen MR) is 389 cm³/mol. The molecule has 0 spiro atoms. The number of benzene rings is 1. The first-order valence-electron chi connectivity index (χ1n) is 37.1. The lowest BCUT2D eigenvalue weighted by Crippen LogP contribution is -2.44. The van der Waals surface area contributed by atoms with Gasteiger partial charge in [0.2, 0.25) is 0 Å². The smallest absolute Gasteiger partial charge is 0.306 e. The standard InChI is InChI=1S/C13H25NO2.C13H18O2.C12H24N2O2.C12H23NO2.C11H17NO2.2C8H16O2/c1-12(2)16-13(15)8-4-7-11-14-9-5-3-6-10-14;1-11(2)15-13(14)10-6-9-12-7-4-3-5-8-12;1-11(2)16-12(15)5-4-6-14-9-7-13(3)8-10-14;1-11(2)15-12(14)7-6-10-13-8-4-3-5-9-13;1-9(2)14-11(13)7-3-5-10-6-4-8-12-10;2*1-4-5-6-8(9)10-7(2)3/h12H,3-11H2,1-2H3;3-5,7-8,11H,6,9-10H2,1-2H3;11H,4-10H2,1-3H3;11H,3-10H2,1-2H3;6,8-9H,3-5,7H2,1-2H3;2*7H,4-6H2,1-3H3. The number of aryl methyl sites for hydroxylation is 1. The fraction of sp³-hybridized carbons (Fsp3) is 0.792. The van der Waals surface area contributed by atoms with Crippen LogP contribution in [0.15, 0.2) is 47.1 Å². The van der Waals surface area contributed by atoms with Crippen molar-refractivity contribution >= 4 is 48.0 Å². The molecule has 0 N–H and O–H groups in total. The molecule has 0 bridgehead atoms. The van der Waals surface area contributed by atoms with Crippen molar-refractivity contribution in [2.45, 2.75) is 320 Å². The Balaban J connectivity index is 0. The Morgan fingerprint density at radius 2 is 0.667 bits per heavy atom. The van der Waals surface area contributed by atoms with Crippen LogP contribution in [0.25, 0.3) is 0 Å². The maximum absolute atomic E-state index is 11.3. The summed E-state index contributed by atoms with van der Waals surface area (Å²) < 4.78 is 35.2. The Morgan fingerprint density at radius 3 is 0.990 bits per heavy atom. The van der Waals surface area contributed by atoms with E-state index in [0.29, 0.717) is 44.9 Å². The van der Waals surface area contributed by atoms with E-state index in [1.165, 1.54) is 70.3 Å². The summed E-state index contributed by atoms with van der Waals surface area (Å²) in [6.07, 6.45) is 28.3. The number of hydrogen-bond acceptors (Lipinski definition) is 19. The first-order valence-corrected chi connectivity index (χ1v) is 37.1. The van der Waals surface area contributed by atoms with Crippen molar-refractivity contribution in [1.82, 2.24) is 19.6 Å². The molecule has 96 heavy (non-hydrogen) atoms. The zero-order valence-corrected chi connectivity index (χ0v) is 63.7. The molecule has 0 saturated carbocycles. The number of esters is 7. The summed E-state index contributed by atoms with van der Waals surface area (Å²) in [6, 6.07) is 10.2. The highest BCUT2D eigenvalue weighted by molar-refractivity contribution is 5.71. The fourth-order valence-corrected chi connectivity index (χ4v) is 9.90. The monoisotopic (exact) mass is 1360 g/mol. The van der Waals surface area contributed by atoms with Crippen molar-refractivity contribution in [3.8, 4) is 0 Å². The van der Waals surface area contributed by atoms with Crippen molar-refractivity contribution in [1.29, 1.82) is 0 Å². The van der Waals surface area contributed by atoms with Crippen molar-refractivity contribution < 1.29 is 66.7 Å². The highest BCUT2D eigenvalue weighted by Crippen LogP contribution is 2.15. The van der Waals surface area contributed by atoms with Gasteiger partial charge >= 0.3 is 41.8 Å². The average molecular weight is 1360 g/mol. The molecule has 0 unspecified atom stereocenters. The summed E-state index contributed by atoms with van der Waals surface area (Å²) in [4.78, 5) is 91.7. The molecule has 0 radical (unpaired) electrons. The molecular weight excluding hydrogens is 1220 g/mol. The van der Waals surface area contributed by atoms with Crippen molar-refractivity contribution in [2.75, 3.05) is 79.0 Å². The van der Waals surface area contributed by atoms with Crippen LogP contribution in [0.5, 0.6) is 0 Å². The van der Waals surface area contributed by atoms with Gasteiger partial charge in [0, 0.05) is 89.5 Å². The van der Waals surface area contributed by atoms with Crippen LogP contribution in [0.4, 0.5) is 0 Å². The van der Waals surface area contributed by atoms with Crippen molar-refractivity contribution in [2.24, 2.45) is 4.99 Å². The lowest BCUT2D eigenvalue weighted by molar-refractivity contribution is -0.148. The molecule has 0 aliphatic carbocycles. The van der Waals surface area contributed by atoms with E-state index in [9.17, 15) is 33.6 Å². The number of allylic oxidation sites excluding steroid dienone is 2. The number of rotatable bonds is 34. The number of ether oxygens (including phenoxy) is 7. The number of nitrogens with zero attached hydrogens (tertiary/aromatic N) is 5.